The maximum Gasteiger partial charge on any atom is 0.0624 e. The minimum atomic E-state index is 0.778. The van der Waals surface area contributed by atoms with Crippen LogP contribution in [-0.2, 0) is 6.42 Å². The van der Waals surface area contributed by atoms with Crippen molar-refractivity contribution in [2.75, 3.05) is 0 Å². The second-order valence-corrected chi connectivity index (χ2v) is 7.96. The Balaban J connectivity index is 1.23. The van der Waals surface area contributed by atoms with Crippen LogP contribution in [0.4, 0.5) is 0 Å². The van der Waals surface area contributed by atoms with E-state index in [9.17, 15) is 0 Å². The van der Waals surface area contributed by atoms with Gasteiger partial charge in [0.2, 0.25) is 0 Å². The highest BCUT2D eigenvalue weighted by atomic mass is 14.7. The van der Waals surface area contributed by atoms with Gasteiger partial charge in [-0.2, -0.15) is 0 Å². The molecule has 6 aromatic rings. The van der Waals surface area contributed by atoms with Crippen LogP contribution in [0.5, 0.6) is 0 Å². The van der Waals surface area contributed by atoms with E-state index in [2.05, 4.69) is 106 Å². The number of fused-ring (bicyclic) bond motifs is 6. The zero-order chi connectivity index (χ0) is 21.3. The predicted molar refractivity (Wildman–Crippen MR) is 135 cm³/mol. The van der Waals surface area contributed by atoms with E-state index >= 15 is 0 Å². The first-order valence-corrected chi connectivity index (χ1v) is 10.8. The fraction of sp³-hybridized carbons (Fsp3) is 0.0667. The fourth-order valence-corrected chi connectivity index (χ4v) is 4.52. The average Bonchev–Trinajstić information content (AvgIpc) is 3.41. The first kappa shape index (κ1) is 18.4. The molecule has 0 saturated carbocycles. The predicted octanol–water partition coefficient (Wildman–Crippen LogP) is 6.94. The van der Waals surface area contributed by atoms with Crippen LogP contribution in [0.2, 0.25) is 0 Å². The summed E-state index contributed by atoms with van der Waals surface area (Å²) in [6, 6.07) is 29.5. The van der Waals surface area contributed by atoms with Crippen molar-refractivity contribution in [2.45, 2.75) is 12.8 Å². The molecule has 2 N–H and O–H groups in total. The number of aromatic nitrogens is 2. The molecular formula is C30H20N2. The van der Waals surface area contributed by atoms with Gasteiger partial charge in [-0.05, 0) is 42.0 Å². The lowest BCUT2D eigenvalue weighted by Crippen LogP contribution is -1.85. The highest BCUT2D eigenvalue weighted by Crippen LogP contribution is 2.28. The molecule has 0 radical (unpaired) electrons. The Morgan fingerprint density at radius 3 is 1.97 bits per heavy atom. The maximum absolute atomic E-state index is 3.57. The molecule has 0 amide bonds. The number of aromatic amines is 2. The molecule has 0 unspecified atom stereocenters. The highest BCUT2D eigenvalue weighted by Gasteiger charge is 2.07. The monoisotopic (exact) mass is 408 g/mol. The molecule has 2 aromatic heterocycles. The second kappa shape index (κ2) is 7.69. The molecule has 0 aliphatic carbocycles. The van der Waals surface area contributed by atoms with Gasteiger partial charge in [-0.1, -0.05) is 78.6 Å². The van der Waals surface area contributed by atoms with Crippen LogP contribution < -0.4 is 0 Å². The van der Waals surface area contributed by atoms with Gasteiger partial charge in [0.25, 0.3) is 0 Å². The Morgan fingerprint density at radius 2 is 1.19 bits per heavy atom. The summed E-state index contributed by atoms with van der Waals surface area (Å²) >= 11 is 0. The quantitative estimate of drug-likeness (QED) is 0.291. The van der Waals surface area contributed by atoms with Crippen molar-refractivity contribution in [1.82, 2.24) is 9.97 Å². The number of hydrogen-bond acceptors (Lipinski definition) is 0. The second-order valence-electron chi connectivity index (χ2n) is 7.96. The third-order valence-electron chi connectivity index (χ3n) is 6.04. The molecule has 0 fully saturated rings. The molecule has 0 spiro atoms. The van der Waals surface area contributed by atoms with Crippen molar-refractivity contribution in [2.24, 2.45) is 0 Å². The van der Waals surface area contributed by atoms with Gasteiger partial charge < -0.3 is 9.97 Å². The maximum atomic E-state index is 3.57. The molecule has 6 rings (SSSR count). The average molecular weight is 409 g/mol. The molecule has 0 aliphatic rings. The molecule has 4 aromatic carbocycles. The molecule has 0 saturated heterocycles. The van der Waals surface area contributed by atoms with Gasteiger partial charge in [-0.15, -0.1) is 0 Å². The van der Waals surface area contributed by atoms with E-state index in [0.717, 1.165) is 29.4 Å². The van der Waals surface area contributed by atoms with E-state index in [1.807, 2.05) is 12.1 Å². The fourth-order valence-electron chi connectivity index (χ4n) is 4.52. The first-order chi connectivity index (χ1) is 15.9. The van der Waals surface area contributed by atoms with Gasteiger partial charge >= 0.3 is 0 Å². The van der Waals surface area contributed by atoms with E-state index in [1.165, 1.54) is 38.1 Å². The summed E-state index contributed by atoms with van der Waals surface area (Å²) in [5.41, 5.74) is 6.88. The van der Waals surface area contributed by atoms with Gasteiger partial charge in [0.1, 0.15) is 0 Å². The van der Waals surface area contributed by atoms with Crippen LogP contribution >= 0.6 is 0 Å². The molecule has 2 heteroatoms. The van der Waals surface area contributed by atoms with Crippen molar-refractivity contribution in [1.29, 1.82) is 0 Å². The largest absolute Gasteiger partial charge is 0.354 e. The molecular weight excluding hydrogens is 388 g/mol. The minimum absolute atomic E-state index is 0.778. The lowest BCUT2D eigenvalue weighted by molar-refractivity contribution is 1.04. The summed E-state index contributed by atoms with van der Waals surface area (Å²) < 4.78 is 0. The molecule has 32 heavy (non-hydrogen) atoms. The Kier molecular flexibility index (Phi) is 4.42. The van der Waals surface area contributed by atoms with Crippen LogP contribution in [0.15, 0.2) is 84.9 Å². The zero-order valence-corrected chi connectivity index (χ0v) is 17.5. The summed E-state index contributed by atoms with van der Waals surface area (Å²) in [5.74, 6) is 12.5. The topological polar surface area (TPSA) is 31.6 Å². The summed E-state index contributed by atoms with van der Waals surface area (Å²) in [5, 5.41) is 4.97. The smallest absolute Gasteiger partial charge is 0.0624 e. The van der Waals surface area contributed by atoms with Crippen LogP contribution in [0.1, 0.15) is 17.5 Å². The zero-order valence-electron chi connectivity index (χ0n) is 17.5. The molecule has 2 nitrogen and oxygen atoms in total. The molecule has 2 heterocycles. The number of benzene rings is 4. The van der Waals surface area contributed by atoms with Crippen LogP contribution in [0, 0.1) is 23.7 Å². The van der Waals surface area contributed by atoms with Crippen molar-refractivity contribution in [3.8, 4) is 23.7 Å². The number of para-hydroxylation sites is 4. The first-order valence-electron chi connectivity index (χ1n) is 10.8. The van der Waals surface area contributed by atoms with Gasteiger partial charge in [0.05, 0.1) is 5.52 Å². The number of nitrogens with one attached hydrogen (secondary N) is 2. The van der Waals surface area contributed by atoms with Crippen molar-refractivity contribution in [3.05, 3.63) is 96.1 Å². The Morgan fingerprint density at radius 1 is 0.562 bits per heavy atom. The van der Waals surface area contributed by atoms with Crippen molar-refractivity contribution >= 4 is 43.6 Å². The molecule has 0 bridgehead atoms. The van der Waals surface area contributed by atoms with E-state index in [-0.39, 0.29) is 0 Å². The number of hydrogen-bond donors (Lipinski definition) is 2. The minimum Gasteiger partial charge on any atom is -0.354 e. The third-order valence-corrected chi connectivity index (χ3v) is 6.04. The van der Waals surface area contributed by atoms with Crippen LogP contribution in [-0.4, -0.2) is 9.97 Å². The lowest BCUT2D eigenvalue weighted by atomic mass is 10.1. The standard InChI is InChI=1S/C30H20N2/c1(3-11-21-13-9-17-25-23-15-5-7-19-27(23)31-29(21)25)2-4-12-22-14-10-18-26-24-16-6-8-20-28(24)32-30(22)26/h5-10,13-20,31-32H,3,11H2. The van der Waals surface area contributed by atoms with E-state index in [0.29, 0.717) is 0 Å². The highest BCUT2D eigenvalue weighted by molar-refractivity contribution is 6.09. The number of aryl methyl sites for hydroxylation is 1. The van der Waals surface area contributed by atoms with E-state index in [1.54, 1.807) is 0 Å². The summed E-state index contributed by atoms with van der Waals surface area (Å²) in [7, 11) is 0. The Hall–Kier alpha value is -4.40. The molecule has 0 atom stereocenters. The molecule has 0 aliphatic heterocycles. The van der Waals surface area contributed by atoms with Gasteiger partial charge in [-0.3, -0.25) is 0 Å². The lowest BCUT2D eigenvalue weighted by Gasteiger charge is -2.00. The molecule has 150 valence electrons. The van der Waals surface area contributed by atoms with Crippen molar-refractivity contribution in [3.63, 3.8) is 0 Å². The van der Waals surface area contributed by atoms with Crippen LogP contribution in [0.3, 0.4) is 0 Å². The van der Waals surface area contributed by atoms with Gasteiger partial charge in [0, 0.05) is 50.1 Å². The summed E-state index contributed by atoms with van der Waals surface area (Å²) in [6.07, 6.45) is 1.68. The summed E-state index contributed by atoms with van der Waals surface area (Å²) in [4.78, 5) is 7.06. The van der Waals surface area contributed by atoms with E-state index < -0.39 is 0 Å². The Labute approximate surface area is 186 Å². The van der Waals surface area contributed by atoms with Gasteiger partial charge in [-0.25, -0.2) is 0 Å². The van der Waals surface area contributed by atoms with Gasteiger partial charge in [0.15, 0.2) is 0 Å². The third kappa shape index (κ3) is 3.11. The van der Waals surface area contributed by atoms with Crippen molar-refractivity contribution < 1.29 is 0 Å². The van der Waals surface area contributed by atoms with Crippen LogP contribution in [0.25, 0.3) is 43.6 Å². The normalized spacial score (nSPS) is 10.9. The SMILES string of the molecule is C(C#Cc1cccc2c1[nH]c1ccccc12)#CCCc1cccc2c1[nH]c1ccccc12. The Bertz CT molecular complexity index is 1740. The van der Waals surface area contributed by atoms with E-state index in [4.69, 9.17) is 0 Å². The number of rotatable bonds is 2. The number of H-pyrrole nitrogens is 2. The summed E-state index contributed by atoms with van der Waals surface area (Å²) in [6.45, 7) is 0.